The fourth-order valence-electron chi connectivity index (χ4n) is 4.15. The van der Waals surface area contributed by atoms with E-state index in [-0.39, 0.29) is 11.3 Å². The third-order valence-electron chi connectivity index (χ3n) is 6.08. The quantitative estimate of drug-likeness (QED) is 0.519. The van der Waals surface area contributed by atoms with Gasteiger partial charge in [-0.2, -0.15) is 5.26 Å². The van der Waals surface area contributed by atoms with Crippen molar-refractivity contribution in [2.24, 2.45) is 11.3 Å². The number of thiophene rings is 1. The minimum absolute atomic E-state index is 0.169. The minimum atomic E-state index is -0.169. The average molecular weight is 415 g/mol. The summed E-state index contributed by atoms with van der Waals surface area (Å²) in [7, 11) is 0. The van der Waals surface area contributed by atoms with Crippen molar-refractivity contribution >= 4 is 22.2 Å². The maximum atomic E-state index is 12.9. The predicted octanol–water partition coefficient (Wildman–Crippen LogP) is 6.69. The minimum Gasteiger partial charge on any atom is -0.312 e. The molecular formula is C26H26N2OS. The number of rotatable bonds is 3. The smallest absolute Gasteiger partial charge is 0.256 e. The maximum Gasteiger partial charge on any atom is 0.256 e. The average Bonchev–Trinajstić information content (AvgIpc) is 3.10. The molecule has 30 heavy (non-hydrogen) atoms. The molecule has 0 aliphatic heterocycles. The Hall–Kier alpha value is -2.90. The van der Waals surface area contributed by atoms with E-state index < -0.39 is 0 Å². The Labute approximate surface area is 182 Å². The number of benzene rings is 2. The normalized spacial score (nSPS) is 15.9. The van der Waals surface area contributed by atoms with Crippen LogP contribution in [-0.2, 0) is 12.8 Å². The largest absolute Gasteiger partial charge is 0.312 e. The molecule has 1 N–H and O–H groups in total. The Morgan fingerprint density at radius 1 is 1.07 bits per heavy atom. The molecule has 0 radical (unpaired) electrons. The van der Waals surface area contributed by atoms with Crippen molar-refractivity contribution in [3.05, 3.63) is 76.2 Å². The molecule has 0 spiro atoms. The number of fused-ring (bicyclic) bond motifs is 1. The van der Waals surface area contributed by atoms with Crippen LogP contribution in [0.4, 0.5) is 5.00 Å². The molecule has 1 aliphatic rings. The molecular weight excluding hydrogens is 388 g/mol. The van der Waals surface area contributed by atoms with Gasteiger partial charge >= 0.3 is 0 Å². The Kier molecular flexibility index (Phi) is 5.49. The van der Waals surface area contributed by atoms with Crippen LogP contribution in [0.3, 0.4) is 0 Å². The summed E-state index contributed by atoms with van der Waals surface area (Å²) >= 11 is 1.57. The second kappa shape index (κ2) is 8.08. The number of hydrogen-bond acceptors (Lipinski definition) is 3. The second-order valence-electron chi connectivity index (χ2n) is 9.02. The van der Waals surface area contributed by atoms with Gasteiger partial charge in [-0.1, -0.05) is 63.2 Å². The highest BCUT2D eigenvalue weighted by Crippen LogP contribution is 2.44. The van der Waals surface area contributed by atoms with Crippen LogP contribution in [0, 0.1) is 22.7 Å². The molecule has 1 aliphatic carbocycles. The van der Waals surface area contributed by atoms with E-state index >= 15 is 0 Å². The van der Waals surface area contributed by atoms with Crippen molar-refractivity contribution in [2.75, 3.05) is 5.32 Å². The van der Waals surface area contributed by atoms with Crippen molar-refractivity contribution in [1.29, 1.82) is 5.26 Å². The number of nitrogens with one attached hydrogen (secondary N) is 1. The summed E-state index contributed by atoms with van der Waals surface area (Å²) in [6.45, 7) is 6.84. The molecule has 1 aromatic heterocycles. The maximum absolute atomic E-state index is 12.9. The molecule has 4 heteroatoms. The van der Waals surface area contributed by atoms with Crippen molar-refractivity contribution in [3.63, 3.8) is 0 Å². The first-order valence-corrected chi connectivity index (χ1v) is 11.2. The van der Waals surface area contributed by atoms with Crippen LogP contribution < -0.4 is 5.32 Å². The fourth-order valence-corrected chi connectivity index (χ4v) is 5.42. The molecule has 0 fully saturated rings. The van der Waals surface area contributed by atoms with E-state index in [1.54, 1.807) is 11.3 Å². The van der Waals surface area contributed by atoms with Gasteiger partial charge in [-0.3, -0.25) is 4.79 Å². The van der Waals surface area contributed by atoms with E-state index in [0.29, 0.717) is 22.0 Å². The molecule has 1 amide bonds. The monoisotopic (exact) mass is 414 g/mol. The number of carbonyl (C=O) groups excluding carboxylic acids is 1. The molecule has 1 atom stereocenters. The van der Waals surface area contributed by atoms with E-state index in [1.807, 2.05) is 42.5 Å². The molecule has 1 heterocycles. The summed E-state index contributed by atoms with van der Waals surface area (Å²) in [5.74, 6) is 0.432. The summed E-state index contributed by atoms with van der Waals surface area (Å²) in [6, 6.07) is 20.0. The summed E-state index contributed by atoms with van der Waals surface area (Å²) in [6.07, 6.45) is 2.99. The lowest BCUT2D eigenvalue weighted by atomic mass is 9.72. The SMILES string of the molecule is CC(C)(C)[C@@H]1CCc2c(sc(NC(=O)c3ccc(-c4ccccc4)cc3)c2C#N)C1. The highest BCUT2D eigenvalue weighted by atomic mass is 32.1. The highest BCUT2D eigenvalue weighted by Gasteiger charge is 2.32. The number of amides is 1. The van der Waals surface area contributed by atoms with Gasteiger partial charge in [0.2, 0.25) is 0 Å². The summed E-state index contributed by atoms with van der Waals surface area (Å²) in [5.41, 5.74) is 4.82. The Morgan fingerprint density at radius 2 is 1.73 bits per heavy atom. The zero-order valence-corrected chi connectivity index (χ0v) is 18.5. The van der Waals surface area contributed by atoms with Gasteiger partial charge in [-0.25, -0.2) is 0 Å². The molecule has 2 aromatic carbocycles. The number of nitriles is 1. The molecule has 0 saturated carbocycles. The van der Waals surface area contributed by atoms with E-state index in [1.165, 1.54) is 4.88 Å². The first-order chi connectivity index (χ1) is 14.4. The van der Waals surface area contributed by atoms with E-state index in [4.69, 9.17) is 0 Å². The number of carbonyl (C=O) groups is 1. The Morgan fingerprint density at radius 3 is 2.37 bits per heavy atom. The molecule has 4 rings (SSSR count). The van der Waals surface area contributed by atoms with Gasteiger partial charge in [0, 0.05) is 10.4 Å². The van der Waals surface area contributed by atoms with Gasteiger partial charge in [0.15, 0.2) is 0 Å². The molecule has 152 valence electrons. The number of nitrogens with zero attached hydrogens (tertiary/aromatic N) is 1. The van der Waals surface area contributed by atoms with Gasteiger partial charge in [0.1, 0.15) is 11.1 Å². The van der Waals surface area contributed by atoms with Gasteiger partial charge < -0.3 is 5.32 Å². The van der Waals surface area contributed by atoms with Crippen molar-refractivity contribution in [2.45, 2.75) is 40.0 Å². The van der Waals surface area contributed by atoms with Crippen LogP contribution in [-0.4, -0.2) is 5.91 Å². The fraction of sp³-hybridized carbons (Fsp3) is 0.308. The lowest BCUT2D eigenvalue weighted by molar-refractivity contribution is 0.102. The second-order valence-corrected chi connectivity index (χ2v) is 10.1. The van der Waals surface area contributed by atoms with Gasteiger partial charge in [-0.15, -0.1) is 11.3 Å². The van der Waals surface area contributed by atoms with Crippen LogP contribution in [0.5, 0.6) is 0 Å². The third kappa shape index (κ3) is 4.04. The van der Waals surface area contributed by atoms with Gasteiger partial charge in [0.25, 0.3) is 5.91 Å². The first-order valence-electron chi connectivity index (χ1n) is 10.4. The van der Waals surface area contributed by atoms with Crippen molar-refractivity contribution < 1.29 is 4.79 Å². The molecule has 0 saturated heterocycles. The van der Waals surface area contributed by atoms with Crippen LogP contribution in [0.25, 0.3) is 11.1 Å². The van der Waals surface area contributed by atoms with Gasteiger partial charge in [-0.05, 0) is 59.4 Å². The van der Waals surface area contributed by atoms with Crippen molar-refractivity contribution in [3.8, 4) is 17.2 Å². The van der Waals surface area contributed by atoms with Crippen LogP contribution >= 0.6 is 11.3 Å². The van der Waals surface area contributed by atoms with E-state index in [9.17, 15) is 10.1 Å². The Balaban J connectivity index is 1.54. The van der Waals surface area contributed by atoms with Crippen LogP contribution in [0.1, 0.15) is 53.6 Å². The number of hydrogen-bond donors (Lipinski definition) is 1. The van der Waals surface area contributed by atoms with Gasteiger partial charge in [0.05, 0.1) is 5.56 Å². The standard InChI is InChI=1S/C26H26N2OS/c1-26(2,3)20-13-14-21-22(16-27)25(30-23(21)15-20)28-24(29)19-11-9-18(10-12-19)17-7-5-4-6-8-17/h4-12,20H,13-15H2,1-3H3,(H,28,29)/t20-/m1/s1. The highest BCUT2D eigenvalue weighted by molar-refractivity contribution is 7.16. The Bertz CT molecular complexity index is 1100. The summed E-state index contributed by atoms with van der Waals surface area (Å²) in [5, 5.41) is 13.4. The van der Waals surface area contributed by atoms with E-state index in [2.05, 4.69) is 44.3 Å². The first kappa shape index (κ1) is 20.4. The summed E-state index contributed by atoms with van der Waals surface area (Å²) < 4.78 is 0. The number of anilines is 1. The van der Waals surface area contributed by atoms with Crippen molar-refractivity contribution in [1.82, 2.24) is 0 Å². The molecule has 3 nitrogen and oxygen atoms in total. The lowest BCUT2D eigenvalue weighted by Crippen LogP contribution is -2.26. The van der Waals surface area contributed by atoms with E-state index in [0.717, 1.165) is 36.0 Å². The lowest BCUT2D eigenvalue weighted by Gasteiger charge is -2.33. The molecule has 0 unspecified atom stereocenters. The third-order valence-corrected chi connectivity index (χ3v) is 7.25. The zero-order valence-electron chi connectivity index (χ0n) is 17.7. The predicted molar refractivity (Wildman–Crippen MR) is 124 cm³/mol. The zero-order chi connectivity index (χ0) is 21.3. The molecule has 0 bridgehead atoms. The topological polar surface area (TPSA) is 52.9 Å². The molecule has 3 aromatic rings. The summed E-state index contributed by atoms with van der Waals surface area (Å²) in [4.78, 5) is 14.1. The van der Waals surface area contributed by atoms with Crippen LogP contribution in [0.2, 0.25) is 0 Å². The van der Waals surface area contributed by atoms with Crippen LogP contribution in [0.15, 0.2) is 54.6 Å².